The van der Waals surface area contributed by atoms with E-state index in [0.717, 1.165) is 6.42 Å². The van der Waals surface area contributed by atoms with E-state index in [1.165, 1.54) is 13.8 Å². The van der Waals surface area contributed by atoms with Gasteiger partial charge in [0.1, 0.15) is 22.4 Å². The van der Waals surface area contributed by atoms with E-state index in [-0.39, 0.29) is 25.3 Å². The monoisotopic (exact) mass is 593 g/mol. The molecule has 5 N–H and O–H groups in total. The molecule has 3 aliphatic heterocycles. The fourth-order valence-electron chi connectivity index (χ4n) is 12.0. The SMILES string of the molecule is CC(=O)O[C@@H]1CC[C@@]2(C)C3CCC4[C@]5(O)C[C@H](O)[C@@]6(O)C(CN7C[C@@H](C)CC[C@H]7[C@@]6(C)O)[C@]5(O)C[C@@]42O[C@@]31OC(C)=O. The van der Waals surface area contributed by atoms with Gasteiger partial charge in [0, 0.05) is 69.0 Å². The second-order valence-electron chi connectivity index (χ2n) is 15.5. The van der Waals surface area contributed by atoms with Crippen LogP contribution in [-0.4, -0.2) is 108 Å². The highest BCUT2D eigenvalue weighted by atomic mass is 16.8. The van der Waals surface area contributed by atoms with Gasteiger partial charge in [0.2, 0.25) is 0 Å². The molecule has 42 heavy (non-hydrogen) atoms. The summed E-state index contributed by atoms with van der Waals surface area (Å²) in [5, 5.41) is 61.9. The zero-order valence-corrected chi connectivity index (χ0v) is 25.3. The van der Waals surface area contributed by atoms with E-state index in [9.17, 15) is 35.1 Å². The Hall–Kier alpha value is -1.34. The molecule has 3 unspecified atom stereocenters. The molecule has 7 aliphatic rings. The lowest BCUT2D eigenvalue weighted by Crippen LogP contribution is -2.85. The summed E-state index contributed by atoms with van der Waals surface area (Å²) in [4.78, 5) is 26.8. The molecule has 0 radical (unpaired) electrons. The van der Waals surface area contributed by atoms with Gasteiger partial charge in [-0.25, -0.2) is 0 Å². The summed E-state index contributed by atoms with van der Waals surface area (Å²) in [5.74, 6) is -4.44. The molecule has 0 aromatic heterocycles. The maximum atomic E-state index is 13.0. The van der Waals surface area contributed by atoms with E-state index in [2.05, 4.69) is 11.8 Å². The van der Waals surface area contributed by atoms with E-state index in [0.29, 0.717) is 44.6 Å². The number of ether oxygens (including phenoxy) is 3. The van der Waals surface area contributed by atoms with Gasteiger partial charge in [-0.2, -0.15) is 0 Å². The summed E-state index contributed by atoms with van der Waals surface area (Å²) in [6, 6.07) is -0.401. The van der Waals surface area contributed by atoms with Crippen LogP contribution in [0, 0.1) is 29.1 Å². The smallest absolute Gasteiger partial charge is 0.305 e. The number of esters is 2. The predicted molar refractivity (Wildman–Crippen MR) is 145 cm³/mol. The third kappa shape index (κ3) is 3.07. The zero-order chi connectivity index (χ0) is 30.5. The van der Waals surface area contributed by atoms with Crippen LogP contribution in [0.15, 0.2) is 0 Å². The fraction of sp³-hybridized carbons (Fsp3) is 0.935. The number of nitrogens with zero attached hydrogens (tertiary/aromatic N) is 1. The molecular weight excluding hydrogens is 546 g/mol. The minimum Gasteiger partial charge on any atom is -0.456 e. The van der Waals surface area contributed by atoms with Crippen LogP contribution in [-0.2, 0) is 23.8 Å². The standard InChI is InChI=1S/C31H47NO10/c1-16-6-9-22-26(5,36)30(39)21(14-32(22)13-16)28(38)15-29-20(27(28,37)12-23(30)35)8-7-19-25(29,4)11-10-24(40-17(2)33)31(19,42-29)41-18(3)34/h16,19-24,35-39H,6-15H2,1-5H3/t16-,19?,20?,21?,22-,23-,24+,25-,26+,27+,28+,29+,30-,31-/m0/s1. The van der Waals surface area contributed by atoms with E-state index >= 15 is 0 Å². The molecule has 236 valence electrons. The average molecular weight is 594 g/mol. The van der Waals surface area contributed by atoms with Crippen molar-refractivity contribution in [2.24, 2.45) is 29.1 Å². The maximum Gasteiger partial charge on any atom is 0.305 e. The van der Waals surface area contributed by atoms with E-state index in [4.69, 9.17) is 14.2 Å². The molecular formula is C31H47NO10. The van der Waals surface area contributed by atoms with Gasteiger partial charge < -0.3 is 39.7 Å². The minimum atomic E-state index is -2.08. The summed E-state index contributed by atoms with van der Waals surface area (Å²) < 4.78 is 18.7. The number of rotatable bonds is 2. The van der Waals surface area contributed by atoms with Gasteiger partial charge in [-0.05, 0) is 51.4 Å². The first-order valence-electron chi connectivity index (χ1n) is 15.8. The lowest BCUT2D eigenvalue weighted by Gasteiger charge is -2.68. The van der Waals surface area contributed by atoms with Crippen LogP contribution in [0.5, 0.6) is 0 Å². The predicted octanol–water partition coefficient (Wildman–Crippen LogP) is 0.616. The number of carbonyl (C=O) groups excluding carboxylic acids is 2. The molecule has 7 rings (SSSR count). The molecule has 7 fully saturated rings. The zero-order valence-electron chi connectivity index (χ0n) is 25.3. The molecule has 3 saturated heterocycles. The van der Waals surface area contributed by atoms with Gasteiger partial charge in [-0.15, -0.1) is 0 Å². The van der Waals surface area contributed by atoms with Crippen molar-refractivity contribution in [2.45, 2.75) is 138 Å². The van der Waals surface area contributed by atoms with Gasteiger partial charge in [-0.1, -0.05) is 13.8 Å². The lowest BCUT2D eigenvalue weighted by atomic mass is 9.49. The van der Waals surface area contributed by atoms with Crippen LogP contribution in [0.3, 0.4) is 0 Å². The van der Waals surface area contributed by atoms with Crippen molar-refractivity contribution in [3.05, 3.63) is 0 Å². The molecule has 0 aromatic rings. The van der Waals surface area contributed by atoms with Crippen LogP contribution in [0.1, 0.15) is 86.0 Å². The molecule has 11 heteroatoms. The normalized spacial score (nSPS) is 59.6. The molecule has 11 nitrogen and oxygen atoms in total. The van der Waals surface area contributed by atoms with Crippen molar-refractivity contribution in [3.63, 3.8) is 0 Å². The summed E-state index contributed by atoms with van der Waals surface area (Å²) >= 11 is 0. The Morgan fingerprint density at radius 2 is 1.57 bits per heavy atom. The Balaban J connectivity index is 1.38. The van der Waals surface area contributed by atoms with Crippen molar-refractivity contribution in [3.8, 4) is 0 Å². The largest absolute Gasteiger partial charge is 0.456 e. The van der Waals surface area contributed by atoms with Crippen LogP contribution < -0.4 is 0 Å². The van der Waals surface area contributed by atoms with Crippen molar-refractivity contribution in [1.29, 1.82) is 0 Å². The highest BCUT2D eigenvalue weighted by Gasteiger charge is 2.89. The molecule has 0 aromatic carbocycles. The third-order valence-corrected chi connectivity index (χ3v) is 13.6. The van der Waals surface area contributed by atoms with Crippen molar-refractivity contribution < 1.29 is 49.3 Å². The summed E-state index contributed by atoms with van der Waals surface area (Å²) in [6.45, 7) is 9.20. The van der Waals surface area contributed by atoms with Crippen LogP contribution in [0.4, 0.5) is 0 Å². The Labute approximate surface area is 246 Å². The Bertz CT molecular complexity index is 1210. The first-order valence-corrected chi connectivity index (χ1v) is 15.8. The van der Waals surface area contributed by atoms with E-state index in [1.54, 1.807) is 6.92 Å². The van der Waals surface area contributed by atoms with Crippen molar-refractivity contribution in [2.75, 3.05) is 13.1 Å². The highest BCUT2D eigenvalue weighted by molar-refractivity contribution is 5.68. The van der Waals surface area contributed by atoms with Gasteiger partial charge in [0.05, 0.1) is 11.7 Å². The fourth-order valence-corrected chi connectivity index (χ4v) is 12.0. The first kappa shape index (κ1) is 29.4. The second kappa shape index (κ2) is 8.47. The number of piperidine rings is 2. The topological polar surface area (TPSA) is 166 Å². The number of carbonyl (C=O) groups is 2. The number of aliphatic hydroxyl groups is 5. The summed E-state index contributed by atoms with van der Waals surface area (Å²) in [7, 11) is 0. The Morgan fingerprint density at radius 1 is 0.881 bits per heavy atom. The van der Waals surface area contributed by atoms with Crippen LogP contribution in [0.25, 0.3) is 0 Å². The molecule has 4 saturated carbocycles. The summed E-state index contributed by atoms with van der Waals surface area (Å²) in [5.41, 5.74) is -9.50. The number of hydrogen-bond donors (Lipinski definition) is 5. The molecule has 0 amide bonds. The first-order chi connectivity index (χ1) is 19.4. The average Bonchev–Trinajstić information content (AvgIpc) is 3.05. The summed E-state index contributed by atoms with van der Waals surface area (Å²) in [6.07, 6.45) is 0.601. The molecule has 14 atom stereocenters. The van der Waals surface area contributed by atoms with Gasteiger partial charge in [0.15, 0.2) is 6.10 Å². The number of fused-ring (bicyclic) bond motifs is 5. The Kier molecular flexibility index (Phi) is 5.92. The Morgan fingerprint density at radius 3 is 2.24 bits per heavy atom. The van der Waals surface area contributed by atoms with Crippen molar-refractivity contribution >= 4 is 11.9 Å². The third-order valence-electron chi connectivity index (χ3n) is 13.6. The number of hydrogen-bond acceptors (Lipinski definition) is 11. The van der Waals surface area contributed by atoms with Gasteiger partial charge in [-0.3, -0.25) is 14.5 Å². The van der Waals surface area contributed by atoms with Crippen LogP contribution >= 0.6 is 0 Å². The number of aliphatic hydroxyl groups excluding tert-OH is 1. The minimum absolute atomic E-state index is 0.0756. The van der Waals surface area contributed by atoms with E-state index in [1.807, 2.05) is 6.92 Å². The highest BCUT2D eigenvalue weighted by Crippen LogP contribution is 2.78. The van der Waals surface area contributed by atoms with Crippen LogP contribution in [0.2, 0.25) is 0 Å². The van der Waals surface area contributed by atoms with E-state index < -0.39 is 81.2 Å². The molecule has 3 heterocycles. The lowest BCUT2D eigenvalue weighted by molar-refractivity contribution is -0.354. The second-order valence-corrected chi connectivity index (χ2v) is 15.5. The molecule has 4 aliphatic carbocycles. The maximum absolute atomic E-state index is 13.0. The molecule has 1 spiro atoms. The molecule has 4 bridgehead atoms. The van der Waals surface area contributed by atoms with Gasteiger partial charge in [0.25, 0.3) is 5.79 Å². The van der Waals surface area contributed by atoms with Crippen molar-refractivity contribution in [1.82, 2.24) is 4.90 Å². The quantitative estimate of drug-likeness (QED) is 0.285. The van der Waals surface area contributed by atoms with Gasteiger partial charge >= 0.3 is 11.9 Å².